The summed E-state index contributed by atoms with van der Waals surface area (Å²) >= 11 is 0. The molecule has 5 aromatic rings. The van der Waals surface area contributed by atoms with E-state index < -0.39 is 26.2 Å². The Kier molecular flexibility index (Phi) is 6.95. The van der Waals surface area contributed by atoms with Crippen LogP contribution < -0.4 is 21.4 Å². The molecule has 6 rings (SSSR count). The Morgan fingerprint density at radius 3 is 1.73 bits per heavy atom. The van der Waals surface area contributed by atoms with Crippen molar-refractivity contribution in [1.29, 1.82) is 0 Å². The first-order chi connectivity index (χ1) is 19.2. The maximum absolute atomic E-state index is 6.67. The molecule has 0 spiro atoms. The maximum atomic E-state index is 6.67. The molecule has 1 aliphatic rings. The fourth-order valence-electron chi connectivity index (χ4n) is 5.52. The number of hydrogen-bond donors (Lipinski definition) is 0. The standard InChI is InChI=1S/C36H36BO2P/c1-25-23-31(33(24-26(25)2)40(28-16-9-7-10-17-28)29-18-11-8-12-19-29)34-30-20-14-13-15-27(30)21-22-32(34)37-38-35(3,4)36(5,6)39-37/h7-24H,1-6H3. The van der Waals surface area contributed by atoms with Gasteiger partial charge in [-0.1, -0.05) is 109 Å². The van der Waals surface area contributed by atoms with E-state index in [1.165, 1.54) is 48.9 Å². The first-order valence-corrected chi connectivity index (χ1v) is 15.4. The lowest BCUT2D eigenvalue weighted by Gasteiger charge is -2.32. The zero-order valence-corrected chi connectivity index (χ0v) is 25.1. The highest BCUT2D eigenvalue weighted by atomic mass is 31.1. The molecule has 2 nitrogen and oxygen atoms in total. The highest BCUT2D eigenvalue weighted by Crippen LogP contribution is 2.42. The van der Waals surface area contributed by atoms with E-state index in [4.69, 9.17) is 9.31 Å². The number of rotatable bonds is 5. The van der Waals surface area contributed by atoms with Gasteiger partial charge in [0.1, 0.15) is 0 Å². The van der Waals surface area contributed by atoms with Crippen molar-refractivity contribution in [2.24, 2.45) is 0 Å². The zero-order chi connectivity index (χ0) is 28.1. The van der Waals surface area contributed by atoms with Crippen molar-refractivity contribution in [2.45, 2.75) is 52.7 Å². The van der Waals surface area contributed by atoms with Gasteiger partial charge in [0.15, 0.2) is 0 Å². The van der Waals surface area contributed by atoms with E-state index in [1.54, 1.807) is 0 Å². The van der Waals surface area contributed by atoms with Gasteiger partial charge >= 0.3 is 7.12 Å². The Bertz CT molecular complexity index is 1620. The molecule has 200 valence electrons. The summed E-state index contributed by atoms with van der Waals surface area (Å²) in [4.78, 5) is 0. The van der Waals surface area contributed by atoms with Crippen molar-refractivity contribution in [1.82, 2.24) is 0 Å². The summed E-state index contributed by atoms with van der Waals surface area (Å²) in [7, 11) is -1.28. The van der Waals surface area contributed by atoms with Crippen LogP contribution in [0, 0.1) is 13.8 Å². The molecule has 0 amide bonds. The van der Waals surface area contributed by atoms with Gasteiger partial charge in [-0.2, -0.15) is 0 Å². The van der Waals surface area contributed by atoms with Crippen LogP contribution in [0.2, 0.25) is 0 Å². The second kappa shape index (κ2) is 10.3. The van der Waals surface area contributed by atoms with Gasteiger partial charge in [0.2, 0.25) is 0 Å². The zero-order valence-electron chi connectivity index (χ0n) is 24.2. The van der Waals surface area contributed by atoms with Crippen LogP contribution in [0.15, 0.2) is 109 Å². The minimum atomic E-state index is -0.818. The van der Waals surface area contributed by atoms with Crippen LogP contribution in [0.4, 0.5) is 0 Å². The van der Waals surface area contributed by atoms with E-state index in [1.807, 2.05) is 0 Å². The van der Waals surface area contributed by atoms with Crippen molar-refractivity contribution in [3.05, 3.63) is 120 Å². The Morgan fingerprint density at radius 2 is 1.12 bits per heavy atom. The molecule has 1 saturated heterocycles. The molecule has 0 aliphatic carbocycles. The van der Waals surface area contributed by atoms with E-state index in [2.05, 4.69) is 151 Å². The lowest BCUT2D eigenvalue weighted by Crippen LogP contribution is -2.41. The Labute approximate surface area is 240 Å². The first kappa shape index (κ1) is 27.0. The lowest BCUT2D eigenvalue weighted by atomic mass is 9.72. The minimum Gasteiger partial charge on any atom is -0.399 e. The lowest BCUT2D eigenvalue weighted by molar-refractivity contribution is 0.00578. The van der Waals surface area contributed by atoms with Crippen molar-refractivity contribution in [2.75, 3.05) is 0 Å². The summed E-state index contributed by atoms with van der Waals surface area (Å²) in [6.45, 7) is 12.9. The molecule has 1 aliphatic heterocycles. The first-order valence-electron chi connectivity index (χ1n) is 14.1. The molecule has 1 fully saturated rings. The average Bonchev–Trinajstić information content (AvgIpc) is 3.17. The van der Waals surface area contributed by atoms with E-state index in [0.29, 0.717) is 0 Å². The summed E-state index contributed by atoms with van der Waals surface area (Å²) in [5, 5.41) is 6.46. The van der Waals surface area contributed by atoms with Gasteiger partial charge < -0.3 is 9.31 Å². The van der Waals surface area contributed by atoms with Crippen molar-refractivity contribution in [3.8, 4) is 11.1 Å². The molecule has 1 heterocycles. The molecular weight excluding hydrogens is 506 g/mol. The second-order valence-electron chi connectivity index (χ2n) is 11.8. The van der Waals surface area contributed by atoms with Gasteiger partial charge in [0.25, 0.3) is 0 Å². The summed E-state index contributed by atoms with van der Waals surface area (Å²) in [6.07, 6.45) is 0. The fraction of sp³-hybridized carbons (Fsp3) is 0.222. The van der Waals surface area contributed by atoms with Crippen molar-refractivity contribution < 1.29 is 9.31 Å². The van der Waals surface area contributed by atoms with Crippen LogP contribution in [0.5, 0.6) is 0 Å². The summed E-state index contributed by atoms with van der Waals surface area (Å²) < 4.78 is 13.3. The smallest absolute Gasteiger partial charge is 0.399 e. The highest BCUT2D eigenvalue weighted by Gasteiger charge is 2.52. The quantitative estimate of drug-likeness (QED) is 0.173. The maximum Gasteiger partial charge on any atom is 0.495 e. The van der Waals surface area contributed by atoms with Crippen molar-refractivity contribution >= 4 is 47.2 Å². The molecule has 5 aromatic carbocycles. The predicted molar refractivity (Wildman–Crippen MR) is 173 cm³/mol. The van der Waals surface area contributed by atoms with Crippen molar-refractivity contribution in [3.63, 3.8) is 0 Å². The third-order valence-corrected chi connectivity index (χ3v) is 11.1. The normalized spacial score (nSPS) is 16.1. The SMILES string of the molecule is Cc1cc(-c2c(B3OC(C)(C)C(C)(C)O3)ccc3ccccc23)c(P(c2ccccc2)c2ccccc2)cc1C. The molecular formula is C36H36BO2P. The monoisotopic (exact) mass is 542 g/mol. The topological polar surface area (TPSA) is 18.5 Å². The number of hydrogen-bond acceptors (Lipinski definition) is 2. The molecule has 0 aromatic heterocycles. The average molecular weight is 542 g/mol. The van der Waals surface area contributed by atoms with Gasteiger partial charge in [-0.15, -0.1) is 0 Å². The van der Waals surface area contributed by atoms with Gasteiger partial charge in [-0.3, -0.25) is 0 Å². The molecule has 0 radical (unpaired) electrons. The summed E-state index contributed by atoms with van der Waals surface area (Å²) in [6, 6.07) is 39.8. The van der Waals surface area contributed by atoms with E-state index in [9.17, 15) is 0 Å². The van der Waals surface area contributed by atoms with Crippen LogP contribution in [0.1, 0.15) is 38.8 Å². The highest BCUT2D eigenvalue weighted by molar-refractivity contribution is 7.80. The van der Waals surface area contributed by atoms with Crippen LogP contribution in [-0.2, 0) is 9.31 Å². The third-order valence-electron chi connectivity index (χ3n) is 8.62. The van der Waals surface area contributed by atoms with Gasteiger partial charge in [0, 0.05) is 0 Å². The number of aryl methyl sites for hydroxylation is 2. The van der Waals surface area contributed by atoms with Crippen LogP contribution >= 0.6 is 7.92 Å². The van der Waals surface area contributed by atoms with Crippen LogP contribution in [-0.4, -0.2) is 18.3 Å². The summed E-state index contributed by atoms with van der Waals surface area (Å²) in [5.74, 6) is 0. The van der Waals surface area contributed by atoms with Gasteiger partial charge in [0.05, 0.1) is 11.2 Å². The van der Waals surface area contributed by atoms with Gasteiger partial charge in [-0.05, 0) is 104 Å². The Hall–Kier alpha value is -3.23. The molecule has 0 N–H and O–H groups in total. The molecule has 0 saturated carbocycles. The molecule has 0 atom stereocenters. The minimum absolute atomic E-state index is 0.423. The third kappa shape index (κ3) is 4.71. The fourth-order valence-corrected chi connectivity index (χ4v) is 8.06. The molecule has 40 heavy (non-hydrogen) atoms. The number of benzene rings is 5. The van der Waals surface area contributed by atoms with E-state index in [0.717, 1.165) is 5.46 Å². The number of fused-ring (bicyclic) bond motifs is 1. The second-order valence-corrected chi connectivity index (χ2v) is 14.0. The predicted octanol–water partition coefficient (Wildman–Crippen LogP) is 7.18. The van der Waals surface area contributed by atoms with Crippen LogP contribution in [0.25, 0.3) is 21.9 Å². The van der Waals surface area contributed by atoms with Crippen LogP contribution in [0.3, 0.4) is 0 Å². The largest absolute Gasteiger partial charge is 0.495 e. The molecule has 4 heteroatoms. The summed E-state index contributed by atoms with van der Waals surface area (Å²) in [5.41, 5.74) is 5.27. The Balaban J connectivity index is 1.67. The molecule has 0 bridgehead atoms. The van der Waals surface area contributed by atoms with Gasteiger partial charge in [-0.25, -0.2) is 0 Å². The molecule has 0 unspecified atom stereocenters. The van der Waals surface area contributed by atoms with E-state index in [-0.39, 0.29) is 0 Å². The van der Waals surface area contributed by atoms with E-state index >= 15 is 0 Å². The Morgan fingerprint density at radius 1 is 0.600 bits per heavy atom.